The molecular weight excluding hydrogens is 196 g/mol. The molecule has 92 valence electrons. The zero-order chi connectivity index (χ0) is 11.8. The molecule has 1 aliphatic heterocycles. The highest BCUT2D eigenvalue weighted by Gasteiger charge is 2.40. The van der Waals surface area contributed by atoms with Crippen molar-refractivity contribution < 1.29 is 0 Å². The van der Waals surface area contributed by atoms with Crippen LogP contribution in [0.1, 0.15) is 33.6 Å². The molecule has 0 aromatic rings. The normalized spacial score (nSPS) is 32.7. The Balaban J connectivity index is 2.00. The molecular formula is C14H26N2. The Labute approximate surface area is 100 Å². The Kier molecular flexibility index (Phi) is 3.41. The third-order valence-electron chi connectivity index (χ3n) is 4.00. The van der Waals surface area contributed by atoms with Gasteiger partial charge in [-0.3, -0.25) is 4.90 Å². The summed E-state index contributed by atoms with van der Waals surface area (Å²) in [6.07, 6.45) is 4.91. The largest absolute Gasteiger partial charge is 0.311 e. The zero-order valence-corrected chi connectivity index (χ0v) is 11.0. The number of nitrogens with one attached hydrogen (secondary N) is 1. The van der Waals surface area contributed by atoms with E-state index in [0.29, 0.717) is 11.5 Å². The van der Waals surface area contributed by atoms with Crippen LogP contribution in [0.3, 0.4) is 0 Å². The first-order chi connectivity index (χ1) is 7.52. The maximum atomic E-state index is 3.89. The van der Waals surface area contributed by atoms with Crippen molar-refractivity contribution in [2.75, 3.05) is 19.6 Å². The molecule has 0 radical (unpaired) electrons. The predicted molar refractivity (Wildman–Crippen MR) is 69.5 cm³/mol. The molecule has 0 aromatic carbocycles. The summed E-state index contributed by atoms with van der Waals surface area (Å²) in [5.74, 6) is 0.952. The minimum atomic E-state index is 0.352. The molecule has 1 N–H and O–H groups in total. The van der Waals surface area contributed by atoms with E-state index in [1.54, 1.807) is 0 Å². The van der Waals surface area contributed by atoms with E-state index in [2.05, 4.69) is 37.6 Å². The van der Waals surface area contributed by atoms with Crippen molar-refractivity contribution in [3.8, 4) is 0 Å². The monoisotopic (exact) mass is 222 g/mol. The van der Waals surface area contributed by atoms with Crippen molar-refractivity contribution >= 4 is 0 Å². The zero-order valence-electron chi connectivity index (χ0n) is 11.0. The molecule has 2 rings (SSSR count). The summed E-state index contributed by atoms with van der Waals surface area (Å²) in [7, 11) is 0. The summed E-state index contributed by atoms with van der Waals surface area (Å²) >= 11 is 0. The number of hydrogen-bond donors (Lipinski definition) is 1. The maximum Gasteiger partial charge on any atom is 0.0273 e. The molecule has 2 atom stereocenters. The van der Waals surface area contributed by atoms with Crippen LogP contribution in [-0.4, -0.2) is 36.6 Å². The third-order valence-corrected chi connectivity index (χ3v) is 4.00. The molecule has 0 spiro atoms. The second-order valence-corrected chi connectivity index (χ2v) is 6.48. The summed E-state index contributed by atoms with van der Waals surface area (Å²) in [6, 6.07) is 1.37. The third kappa shape index (κ3) is 2.67. The molecule has 0 amide bonds. The van der Waals surface area contributed by atoms with Crippen LogP contribution in [0.4, 0.5) is 0 Å². The molecule has 2 fully saturated rings. The van der Waals surface area contributed by atoms with E-state index in [-0.39, 0.29) is 0 Å². The molecule has 0 bridgehead atoms. The van der Waals surface area contributed by atoms with E-state index in [1.165, 1.54) is 19.4 Å². The van der Waals surface area contributed by atoms with Gasteiger partial charge in [0.2, 0.25) is 0 Å². The van der Waals surface area contributed by atoms with Crippen molar-refractivity contribution in [2.45, 2.75) is 45.7 Å². The quantitative estimate of drug-likeness (QED) is 0.737. The highest BCUT2D eigenvalue weighted by molar-refractivity contribution is 4.98. The lowest BCUT2D eigenvalue weighted by Crippen LogP contribution is -2.61. The van der Waals surface area contributed by atoms with Gasteiger partial charge in [0, 0.05) is 31.7 Å². The molecule has 1 saturated heterocycles. The van der Waals surface area contributed by atoms with Gasteiger partial charge in [-0.25, -0.2) is 0 Å². The van der Waals surface area contributed by atoms with E-state index in [4.69, 9.17) is 0 Å². The molecule has 1 saturated carbocycles. The summed E-state index contributed by atoms with van der Waals surface area (Å²) in [4.78, 5) is 2.62. The smallest absolute Gasteiger partial charge is 0.0273 e. The van der Waals surface area contributed by atoms with Crippen LogP contribution in [0, 0.1) is 11.3 Å². The molecule has 1 heterocycles. The van der Waals surface area contributed by atoms with Crippen LogP contribution in [0.5, 0.6) is 0 Å². The average Bonchev–Trinajstić information content (AvgIpc) is 2.99. The van der Waals surface area contributed by atoms with Crippen LogP contribution in [0.25, 0.3) is 0 Å². The van der Waals surface area contributed by atoms with Crippen LogP contribution >= 0.6 is 0 Å². The van der Waals surface area contributed by atoms with Gasteiger partial charge in [0.15, 0.2) is 0 Å². The SMILES string of the molecule is C=CCN1CC(C2CC2)NCC1C(C)(C)C. The fourth-order valence-electron chi connectivity index (χ4n) is 2.87. The lowest BCUT2D eigenvalue weighted by molar-refractivity contribution is 0.0613. The van der Waals surface area contributed by atoms with Gasteiger partial charge < -0.3 is 5.32 Å². The fourth-order valence-corrected chi connectivity index (χ4v) is 2.87. The van der Waals surface area contributed by atoms with Crippen LogP contribution in [-0.2, 0) is 0 Å². The first kappa shape index (κ1) is 12.1. The Morgan fingerprint density at radius 2 is 2.06 bits per heavy atom. The summed E-state index contributed by atoms with van der Waals surface area (Å²) in [6.45, 7) is 14.3. The molecule has 16 heavy (non-hydrogen) atoms. The second kappa shape index (κ2) is 4.50. The minimum absolute atomic E-state index is 0.352. The van der Waals surface area contributed by atoms with E-state index >= 15 is 0 Å². The summed E-state index contributed by atoms with van der Waals surface area (Å²) in [5, 5.41) is 3.75. The van der Waals surface area contributed by atoms with Crippen molar-refractivity contribution in [2.24, 2.45) is 11.3 Å². The van der Waals surface area contributed by atoms with Crippen LogP contribution in [0.15, 0.2) is 12.7 Å². The molecule has 2 heteroatoms. The van der Waals surface area contributed by atoms with Crippen molar-refractivity contribution in [1.82, 2.24) is 10.2 Å². The van der Waals surface area contributed by atoms with Gasteiger partial charge in [-0.2, -0.15) is 0 Å². The minimum Gasteiger partial charge on any atom is -0.311 e. The van der Waals surface area contributed by atoms with Crippen LogP contribution < -0.4 is 5.32 Å². The standard InChI is InChI=1S/C14H26N2/c1-5-8-16-10-12(11-6-7-11)15-9-13(16)14(2,3)4/h5,11-13,15H,1,6-10H2,2-4H3. The van der Waals surface area contributed by atoms with Gasteiger partial charge in [0.25, 0.3) is 0 Å². The topological polar surface area (TPSA) is 15.3 Å². The first-order valence-electron chi connectivity index (χ1n) is 6.60. The highest BCUT2D eigenvalue weighted by atomic mass is 15.2. The molecule has 1 aliphatic carbocycles. The van der Waals surface area contributed by atoms with E-state index in [9.17, 15) is 0 Å². The Morgan fingerprint density at radius 3 is 2.56 bits per heavy atom. The van der Waals surface area contributed by atoms with E-state index < -0.39 is 0 Å². The van der Waals surface area contributed by atoms with Gasteiger partial charge in [-0.1, -0.05) is 26.8 Å². The van der Waals surface area contributed by atoms with E-state index in [0.717, 1.165) is 25.0 Å². The van der Waals surface area contributed by atoms with Gasteiger partial charge in [-0.15, -0.1) is 6.58 Å². The molecule has 2 aliphatic rings. The molecule has 2 unspecified atom stereocenters. The van der Waals surface area contributed by atoms with Gasteiger partial charge in [0.05, 0.1) is 0 Å². The van der Waals surface area contributed by atoms with Crippen LogP contribution in [0.2, 0.25) is 0 Å². The number of rotatable bonds is 3. The number of nitrogens with zero attached hydrogens (tertiary/aromatic N) is 1. The van der Waals surface area contributed by atoms with Crippen molar-refractivity contribution in [1.29, 1.82) is 0 Å². The number of hydrogen-bond acceptors (Lipinski definition) is 2. The highest BCUT2D eigenvalue weighted by Crippen LogP contribution is 2.36. The Morgan fingerprint density at radius 1 is 1.38 bits per heavy atom. The average molecular weight is 222 g/mol. The predicted octanol–water partition coefficient (Wildman–Crippen LogP) is 2.27. The fraction of sp³-hybridized carbons (Fsp3) is 0.857. The Hall–Kier alpha value is -0.340. The maximum absolute atomic E-state index is 3.89. The summed E-state index contributed by atoms with van der Waals surface area (Å²) < 4.78 is 0. The lowest BCUT2D eigenvalue weighted by Gasteiger charge is -2.46. The summed E-state index contributed by atoms with van der Waals surface area (Å²) in [5.41, 5.74) is 0.352. The van der Waals surface area contributed by atoms with Gasteiger partial charge in [0.1, 0.15) is 0 Å². The Bertz CT molecular complexity index is 250. The van der Waals surface area contributed by atoms with Crippen molar-refractivity contribution in [3.63, 3.8) is 0 Å². The molecule has 2 nitrogen and oxygen atoms in total. The second-order valence-electron chi connectivity index (χ2n) is 6.48. The van der Waals surface area contributed by atoms with Gasteiger partial charge in [-0.05, 0) is 24.2 Å². The molecule has 0 aromatic heterocycles. The lowest BCUT2D eigenvalue weighted by atomic mass is 9.83. The number of piperazine rings is 1. The first-order valence-corrected chi connectivity index (χ1v) is 6.60. The van der Waals surface area contributed by atoms with Crippen molar-refractivity contribution in [3.05, 3.63) is 12.7 Å². The van der Waals surface area contributed by atoms with Gasteiger partial charge >= 0.3 is 0 Å². The van der Waals surface area contributed by atoms with E-state index in [1.807, 2.05) is 6.08 Å².